The summed E-state index contributed by atoms with van der Waals surface area (Å²) in [5.41, 5.74) is 3.52. The number of urea groups is 1. The minimum absolute atomic E-state index is 0.0828. The molecule has 1 aliphatic carbocycles. The molecule has 0 radical (unpaired) electrons. The van der Waals surface area contributed by atoms with Gasteiger partial charge < -0.3 is 15.5 Å². The second kappa shape index (κ2) is 7.48. The second-order valence-electron chi connectivity index (χ2n) is 7.02. The lowest BCUT2D eigenvalue weighted by Gasteiger charge is -2.29. The fraction of sp³-hybridized carbons (Fsp3) is 0.450. The quantitative estimate of drug-likeness (QED) is 0.833. The Bertz CT molecular complexity index is 719. The highest BCUT2D eigenvalue weighted by atomic mass is 32.1. The van der Waals surface area contributed by atoms with Crippen molar-refractivity contribution in [2.45, 2.75) is 51.1 Å². The molecular weight excluding hydrogens is 330 g/mol. The molecule has 2 heterocycles. The zero-order valence-electron chi connectivity index (χ0n) is 14.5. The molecule has 0 atom stereocenters. The smallest absolute Gasteiger partial charge is 0.319 e. The Morgan fingerprint density at radius 2 is 1.88 bits per heavy atom. The van der Waals surface area contributed by atoms with Crippen molar-refractivity contribution in [3.05, 3.63) is 46.2 Å². The Hall–Kier alpha value is -2.01. The van der Waals surface area contributed by atoms with Crippen LogP contribution in [0, 0.1) is 0 Å². The van der Waals surface area contributed by atoms with E-state index in [0.29, 0.717) is 6.04 Å². The number of rotatable bonds is 3. The van der Waals surface area contributed by atoms with Gasteiger partial charge in [0.25, 0.3) is 0 Å². The van der Waals surface area contributed by atoms with Gasteiger partial charge in [-0.25, -0.2) is 4.79 Å². The molecule has 1 fully saturated rings. The number of nitrogens with one attached hydrogen (secondary N) is 2. The van der Waals surface area contributed by atoms with Crippen LogP contribution in [0.25, 0.3) is 0 Å². The second-order valence-corrected chi connectivity index (χ2v) is 8.02. The number of anilines is 2. The summed E-state index contributed by atoms with van der Waals surface area (Å²) in [6.45, 7) is 2.04. The lowest BCUT2D eigenvalue weighted by Crippen LogP contribution is -2.39. The number of benzene rings is 1. The van der Waals surface area contributed by atoms with Crippen molar-refractivity contribution >= 4 is 28.7 Å². The van der Waals surface area contributed by atoms with Gasteiger partial charge in [0.2, 0.25) is 0 Å². The maximum absolute atomic E-state index is 12.1. The van der Waals surface area contributed by atoms with Gasteiger partial charge in [-0.15, -0.1) is 11.3 Å². The van der Waals surface area contributed by atoms with Gasteiger partial charge in [0.15, 0.2) is 0 Å². The van der Waals surface area contributed by atoms with E-state index in [1.807, 2.05) is 23.5 Å². The predicted molar refractivity (Wildman–Crippen MR) is 105 cm³/mol. The molecule has 2 N–H and O–H groups in total. The molecule has 0 bridgehead atoms. The molecule has 0 unspecified atom stereocenters. The molecule has 0 saturated heterocycles. The first-order valence-corrected chi connectivity index (χ1v) is 10.1. The Labute approximate surface area is 153 Å². The Balaban J connectivity index is 1.33. The third-order valence-electron chi connectivity index (χ3n) is 5.24. The third-order valence-corrected chi connectivity index (χ3v) is 6.26. The van der Waals surface area contributed by atoms with Crippen molar-refractivity contribution in [3.8, 4) is 0 Å². The fourth-order valence-electron chi connectivity index (χ4n) is 3.82. The molecule has 132 valence electrons. The van der Waals surface area contributed by atoms with Crippen molar-refractivity contribution < 1.29 is 4.79 Å². The third kappa shape index (κ3) is 3.98. The van der Waals surface area contributed by atoms with E-state index >= 15 is 0 Å². The SMILES string of the molecule is O=C(Nc1ccc(N2CCc3sccc3C2)cc1)NC1CCCCC1. The number of hydrogen-bond donors (Lipinski definition) is 2. The molecule has 1 saturated carbocycles. The molecule has 2 aromatic rings. The molecule has 25 heavy (non-hydrogen) atoms. The molecule has 1 aromatic carbocycles. The topological polar surface area (TPSA) is 44.4 Å². The summed E-state index contributed by atoms with van der Waals surface area (Å²) in [5.74, 6) is 0. The number of carbonyl (C=O) groups excluding carboxylic acids is 1. The lowest BCUT2D eigenvalue weighted by molar-refractivity contribution is 0.244. The van der Waals surface area contributed by atoms with Crippen molar-refractivity contribution in [1.29, 1.82) is 0 Å². The van der Waals surface area contributed by atoms with Gasteiger partial charge in [-0.2, -0.15) is 0 Å². The standard InChI is InChI=1S/C20H25N3OS/c24-20(21-16-4-2-1-3-5-16)22-17-6-8-18(9-7-17)23-12-10-19-15(14-23)11-13-25-19/h6-9,11,13,16H,1-5,10,12,14H2,(H2,21,22,24). The summed E-state index contributed by atoms with van der Waals surface area (Å²) >= 11 is 1.86. The van der Waals surface area contributed by atoms with Gasteiger partial charge in [0, 0.05) is 35.4 Å². The van der Waals surface area contributed by atoms with E-state index in [2.05, 4.69) is 39.1 Å². The summed E-state index contributed by atoms with van der Waals surface area (Å²) in [6, 6.07) is 10.7. The van der Waals surface area contributed by atoms with Crippen LogP contribution in [0.4, 0.5) is 16.2 Å². The van der Waals surface area contributed by atoms with Crippen LogP contribution in [0.15, 0.2) is 35.7 Å². The molecule has 2 amide bonds. The van der Waals surface area contributed by atoms with Crippen LogP contribution in [0.5, 0.6) is 0 Å². The molecule has 5 heteroatoms. The summed E-state index contributed by atoms with van der Waals surface area (Å²) in [5, 5.41) is 8.24. The number of hydrogen-bond acceptors (Lipinski definition) is 3. The first-order chi connectivity index (χ1) is 12.3. The monoisotopic (exact) mass is 355 g/mol. The van der Waals surface area contributed by atoms with Crippen LogP contribution in [0.1, 0.15) is 42.5 Å². The van der Waals surface area contributed by atoms with Crippen LogP contribution in [0.2, 0.25) is 0 Å². The van der Waals surface area contributed by atoms with Crippen LogP contribution in [-0.2, 0) is 13.0 Å². The zero-order chi connectivity index (χ0) is 17.1. The number of carbonyl (C=O) groups is 1. The molecule has 1 aliphatic heterocycles. The van der Waals surface area contributed by atoms with Crippen molar-refractivity contribution in [2.24, 2.45) is 0 Å². The molecule has 0 spiro atoms. The Kier molecular flexibility index (Phi) is 4.92. The van der Waals surface area contributed by atoms with Gasteiger partial charge in [-0.3, -0.25) is 0 Å². The summed E-state index contributed by atoms with van der Waals surface area (Å²) < 4.78 is 0. The zero-order valence-corrected chi connectivity index (χ0v) is 15.3. The van der Waals surface area contributed by atoms with Gasteiger partial charge in [0.05, 0.1) is 0 Å². The first kappa shape index (κ1) is 16.5. The number of nitrogens with zero attached hydrogens (tertiary/aromatic N) is 1. The average Bonchev–Trinajstić information content (AvgIpc) is 3.11. The van der Waals surface area contributed by atoms with E-state index in [1.54, 1.807) is 0 Å². The van der Waals surface area contributed by atoms with Gasteiger partial charge >= 0.3 is 6.03 Å². The predicted octanol–water partition coefficient (Wildman–Crippen LogP) is 4.77. The fourth-order valence-corrected chi connectivity index (χ4v) is 4.71. The van der Waals surface area contributed by atoms with Crippen molar-refractivity contribution in [2.75, 3.05) is 16.8 Å². The van der Waals surface area contributed by atoms with Crippen LogP contribution in [0.3, 0.4) is 0 Å². The van der Waals surface area contributed by atoms with Crippen LogP contribution < -0.4 is 15.5 Å². The van der Waals surface area contributed by atoms with E-state index < -0.39 is 0 Å². The van der Waals surface area contributed by atoms with Gasteiger partial charge in [0.1, 0.15) is 0 Å². The lowest BCUT2D eigenvalue weighted by atomic mass is 9.96. The van der Waals surface area contributed by atoms with E-state index in [0.717, 1.165) is 38.0 Å². The molecule has 1 aromatic heterocycles. The van der Waals surface area contributed by atoms with E-state index in [-0.39, 0.29) is 6.03 Å². The Morgan fingerprint density at radius 1 is 1.08 bits per heavy atom. The Morgan fingerprint density at radius 3 is 2.68 bits per heavy atom. The van der Waals surface area contributed by atoms with Crippen molar-refractivity contribution in [3.63, 3.8) is 0 Å². The van der Waals surface area contributed by atoms with Crippen LogP contribution >= 0.6 is 11.3 Å². The van der Waals surface area contributed by atoms with Crippen LogP contribution in [-0.4, -0.2) is 18.6 Å². The minimum atomic E-state index is -0.0828. The molecule has 2 aliphatic rings. The summed E-state index contributed by atoms with van der Waals surface area (Å²) in [7, 11) is 0. The van der Waals surface area contributed by atoms with Gasteiger partial charge in [-0.1, -0.05) is 19.3 Å². The highest BCUT2D eigenvalue weighted by molar-refractivity contribution is 7.10. The molecule has 4 rings (SSSR count). The first-order valence-electron chi connectivity index (χ1n) is 9.26. The van der Waals surface area contributed by atoms with E-state index in [4.69, 9.17) is 0 Å². The number of amides is 2. The maximum atomic E-state index is 12.1. The van der Waals surface area contributed by atoms with E-state index in [1.165, 1.54) is 35.4 Å². The minimum Gasteiger partial charge on any atom is -0.367 e. The summed E-state index contributed by atoms with van der Waals surface area (Å²) in [4.78, 5) is 16.1. The van der Waals surface area contributed by atoms with E-state index in [9.17, 15) is 4.79 Å². The normalized spacial score (nSPS) is 17.8. The summed E-state index contributed by atoms with van der Waals surface area (Å²) in [6.07, 6.45) is 7.07. The number of thiophene rings is 1. The number of fused-ring (bicyclic) bond motifs is 1. The average molecular weight is 356 g/mol. The molecule has 4 nitrogen and oxygen atoms in total. The van der Waals surface area contributed by atoms with Gasteiger partial charge in [-0.05, 0) is 60.5 Å². The van der Waals surface area contributed by atoms with Crippen molar-refractivity contribution in [1.82, 2.24) is 5.32 Å². The largest absolute Gasteiger partial charge is 0.367 e. The highest BCUT2D eigenvalue weighted by Gasteiger charge is 2.18. The molecular formula is C20H25N3OS. The highest BCUT2D eigenvalue weighted by Crippen LogP contribution is 2.28. The maximum Gasteiger partial charge on any atom is 0.319 e.